The lowest BCUT2D eigenvalue weighted by atomic mass is 9.98. The molecule has 0 radical (unpaired) electrons. The van der Waals surface area contributed by atoms with Crippen LogP contribution in [0.1, 0.15) is 12.8 Å². The van der Waals surface area contributed by atoms with Gasteiger partial charge in [0.15, 0.2) is 0 Å². The fourth-order valence-corrected chi connectivity index (χ4v) is 2.62. The van der Waals surface area contributed by atoms with E-state index in [1.165, 1.54) is 25.9 Å². The molecule has 0 saturated carbocycles. The Hall–Kier alpha value is -1.06. The van der Waals surface area contributed by atoms with E-state index in [0.29, 0.717) is 0 Å². The largest absolute Gasteiger partial charge is 0.492 e. The van der Waals surface area contributed by atoms with Crippen molar-refractivity contribution in [2.24, 2.45) is 5.92 Å². The molecular weight excluding hydrogens is 224 g/mol. The van der Waals surface area contributed by atoms with E-state index >= 15 is 0 Å². The van der Waals surface area contributed by atoms with Gasteiger partial charge in [-0.2, -0.15) is 0 Å². The van der Waals surface area contributed by atoms with Crippen molar-refractivity contribution in [3.05, 3.63) is 30.3 Å². The molecule has 1 N–H and O–H groups in total. The molecule has 0 amide bonds. The van der Waals surface area contributed by atoms with E-state index in [0.717, 1.165) is 31.4 Å². The van der Waals surface area contributed by atoms with Gasteiger partial charge in [0.25, 0.3) is 0 Å². The standard InChI is InChI=1S/C15H24N2O/c1-16-12-14-6-5-9-17(13-14)10-11-18-15-7-3-2-4-8-15/h2-4,7-8,14,16H,5-6,9-13H2,1H3. The van der Waals surface area contributed by atoms with Gasteiger partial charge in [-0.25, -0.2) is 0 Å². The minimum absolute atomic E-state index is 0.788. The first-order valence-electron chi connectivity index (χ1n) is 6.93. The van der Waals surface area contributed by atoms with Crippen molar-refractivity contribution in [1.82, 2.24) is 10.2 Å². The monoisotopic (exact) mass is 248 g/mol. The minimum Gasteiger partial charge on any atom is -0.492 e. The zero-order valence-corrected chi connectivity index (χ0v) is 11.3. The predicted octanol–water partition coefficient (Wildman–Crippen LogP) is 2.00. The first kappa shape index (κ1) is 13.4. The Morgan fingerprint density at radius 3 is 2.94 bits per heavy atom. The van der Waals surface area contributed by atoms with Gasteiger partial charge in [0.2, 0.25) is 0 Å². The Balaban J connectivity index is 1.67. The molecule has 0 bridgehead atoms. The number of benzene rings is 1. The summed E-state index contributed by atoms with van der Waals surface area (Å²) in [6, 6.07) is 10.1. The first-order chi connectivity index (χ1) is 8.88. The highest BCUT2D eigenvalue weighted by Crippen LogP contribution is 2.15. The van der Waals surface area contributed by atoms with Crippen LogP contribution >= 0.6 is 0 Å². The van der Waals surface area contributed by atoms with Crippen LogP contribution in [0, 0.1) is 5.92 Å². The molecule has 1 heterocycles. The molecule has 3 nitrogen and oxygen atoms in total. The maximum atomic E-state index is 5.75. The third-order valence-electron chi connectivity index (χ3n) is 3.52. The zero-order chi connectivity index (χ0) is 12.6. The third-order valence-corrected chi connectivity index (χ3v) is 3.52. The van der Waals surface area contributed by atoms with E-state index in [2.05, 4.69) is 10.2 Å². The van der Waals surface area contributed by atoms with Crippen LogP contribution in [0.15, 0.2) is 30.3 Å². The molecule has 1 aliphatic heterocycles. The van der Waals surface area contributed by atoms with Gasteiger partial charge in [0.1, 0.15) is 12.4 Å². The topological polar surface area (TPSA) is 24.5 Å². The van der Waals surface area contributed by atoms with Crippen LogP contribution < -0.4 is 10.1 Å². The number of para-hydroxylation sites is 1. The molecule has 1 atom stereocenters. The van der Waals surface area contributed by atoms with Gasteiger partial charge >= 0.3 is 0 Å². The normalized spacial score (nSPS) is 20.8. The van der Waals surface area contributed by atoms with Gasteiger partial charge in [-0.05, 0) is 51.0 Å². The molecule has 0 aromatic heterocycles. The molecule has 0 spiro atoms. The second-order valence-corrected chi connectivity index (χ2v) is 5.03. The van der Waals surface area contributed by atoms with Gasteiger partial charge < -0.3 is 10.1 Å². The molecule has 2 rings (SSSR count). The summed E-state index contributed by atoms with van der Waals surface area (Å²) >= 11 is 0. The van der Waals surface area contributed by atoms with Crippen molar-refractivity contribution in [3.63, 3.8) is 0 Å². The number of rotatable bonds is 6. The highest BCUT2D eigenvalue weighted by molar-refractivity contribution is 5.20. The summed E-state index contributed by atoms with van der Waals surface area (Å²) in [5, 5.41) is 3.28. The lowest BCUT2D eigenvalue weighted by Gasteiger charge is -2.32. The zero-order valence-electron chi connectivity index (χ0n) is 11.3. The number of likely N-dealkylation sites (tertiary alicyclic amines) is 1. The molecule has 3 heteroatoms. The van der Waals surface area contributed by atoms with Crippen LogP contribution in [-0.2, 0) is 0 Å². The summed E-state index contributed by atoms with van der Waals surface area (Å²) in [6.07, 6.45) is 2.68. The van der Waals surface area contributed by atoms with Crippen molar-refractivity contribution >= 4 is 0 Å². The molecule has 100 valence electrons. The summed E-state index contributed by atoms with van der Waals surface area (Å²) in [7, 11) is 2.04. The average molecular weight is 248 g/mol. The summed E-state index contributed by atoms with van der Waals surface area (Å²) in [4.78, 5) is 2.52. The maximum Gasteiger partial charge on any atom is 0.119 e. The lowest BCUT2D eigenvalue weighted by Crippen LogP contribution is -2.40. The van der Waals surface area contributed by atoms with Crippen LogP contribution in [0.25, 0.3) is 0 Å². The molecule has 1 unspecified atom stereocenters. The quantitative estimate of drug-likeness (QED) is 0.833. The molecule has 1 aromatic rings. The molecule has 0 aliphatic carbocycles. The van der Waals surface area contributed by atoms with Crippen molar-refractivity contribution < 1.29 is 4.74 Å². The van der Waals surface area contributed by atoms with Crippen LogP contribution in [-0.4, -0.2) is 44.7 Å². The Kier molecular flexibility index (Phi) is 5.49. The van der Waals surface area contributed by atoms with E-state index in [1.807, 2.05) is 37.4 Å². The molecule has 18 heavy (non-hydrogen) atoms. The van der Waals surface area contributed by atoms with Gasteiger partial charge in [-0.3, -0.25) is 4.90 Å². The first-order valence-corrected chi connectivity index (χ1v) is 6.93. The van der Waals surface area contributed by atoms with E-state index < -0.39 is 0 Å². The molecule has 1 aliphatic rings. The van der Waals surface area contributed by atoms with Crippen LogP contribution in [0.5, 0.6) is 5.75 Å². The summed E-state index contributed by atoms with van der Waals surface area (Å²) in [5.41, 5.74) is 0. The number of piperidine rings is 1. The van der Waals surface area contributed by atoms with Crippen molar-refractivity contribution in [2.75, 3.05) is 39.8 Å². The Morgan fingerprint density at radius 1 is 1.33 bits per heavy atom. The smallest absolute Gasteiger partial charge is 0.119 e. The van der Waals surface area contributed by atoms with Gasteiger partial charge in [0, 0.05) is 13.1 Å². The number of hydrogen-bond acceptors (Lipinski definition) is 3. The lowest BCUT2D eigenvalue weighted by molar-refractivity contribution is 0.146. The fraction of sp³-hybridized carbons (Fsp3) is 0.600. The highest BCUT2D eigenvalue weighted by atomic mass is 16.5. The Labute approximate surface area is 110 Å². The van der Waals surface area contributed by atoms with Crippen LogP contribution in [0.4, 0.5) is 0 Å². The Bertz CT molecular complexity index is 327. The minimum atomic E-state index is 0.788. The van der Waals surface area contributed by atoms with Gasteiger partial charge in [-0.15, -0.1) is 0 Å². The fourth-order valence-electron chi connectivity index (χ4n) is 2.62. The van der Waals surface area contributed by atoms with Crippen LogP contribution in [0.3, 0.4) is 0 Å². The molecular formula is C15H24N2O. The SMILES string of the molecule is CNCC1CCCN(CCOc2ccccc2)C1. The summed E-state index contributed by atoms with van der Waals surface area (Å²) in [5.74, 6) is 1.78. The van der Waals surface area contributed by atoms with E-state index in [4.69, 9.17) is 4.74 Å². The summed E-state index contributed by atoms with van der Waals surface area (Å²) < 4.78 is 5.75. The Morgan fingerprint density at radius 2 is 2.17 bits per heavy atom. The number of nitrogens with zero attached hydrogens (tertiary/aromatic N) is 1. The number of nitrogens with one attached hydrogen (secondary N) is 1. The van der Waals surface area contributed by atoms with Crippen molar-refractivity contribution in [2.45, 2.75) is 12.8 Å². The highest BCUT2D eigenvalue weighted by Gasteiger charge is 2.18. The van der Waals surface area contributed by atoms with Crippen LogP contribution in [0.2, 0.25) is 0 Å². The average Bonchev–Trinajstić information content (AvgIpc) is 2.41. The van der Waals surface area contributed by atoms with Gasteiger partial charge in [-0.1, -0.05) is 18.2 Å². The van der Waals surface area contributed by atoms with Crippen molar-refractivity contribution in [3.8, 4) is 5.75 Å². The third kappa shape index (κ3) is 4.31. The maximum absolute atomic E-state index is 5.75. The molecule has 1 saturated heterocycles. The van der Waals surface area contributed by atoms with E-state index in [9.17, 15) is 0 Å². The number of hydrogen-bond donors (Lipinski definition) is 1. The second-order valence-electron chi connectivity index (χ2n) is 5.03. The predicted molar refractivity (Wildman–Crippen MR) is 75.0 cm³/mol. The van der Waals surface area contributed by atoms with E-state index in [-0.39, 0.29) is 0 Å². The second kappa shape index (κ2) is 7.39. The van der Waals surface area contributed by atoms with E-state index in [1.54, 1.807) is 0 Å². The molecule has 1 fully saturated rings. The number of ether oxygens (including phenoxy) is 1. The van der Waals surface area contributed by atoms with Crippen molar-refractivity contribution in [1.29, 1.82) is 0 Å². The van der Waals surface area contributed by atoms with Gasteiger partial charge in [0.05, 0.1) is 0 Å². The molecule has 1 aromatic carbocycles. The summed E-state index contributed by atoms with van der Waals surface area (Å²) in [6.45, 7) is 5.39.